The molecule has 0 spiro atoms. The van der Waals surface area contributed by atoms with Crippen molar-refractivity contribution in [1.82, 2.24) is 10.2 Å². The standard InChI is InChI=1S/C30H33FN2O3/c1-22-10-9-13-24(18-22)20-33(29(34)21-36-28-17-8-7-16-26(28)31)27(19-23-11-3-2-4-12-23)30(35)32-25-14-5-6-15-25/h2-4,7-13,16-18,25,27H,5-6,14-15,19-21H2,1H3,(H,32,35)/t27-/m0/s1. The number of benzene rings is 3. The van der Waals surface area contributed by atoms with Crippen molar-refractivity contribution >= 4 is 11.8 Å². The number of hydrogen-bond acceptors (Lipinski definition) is 3. The van der Waals surface area contributed by atoms with Crippen LogP contribution in [0.1, 0.15) is 42.4 Å². The summed E-state index contributed by atoms with van der Waals surface area (Å²) in [5.41, 5.74) is 2.94. The lowest BCUT2D eigenvalue weighted by Crippen LogP contribution is -2.53. The lowest BCUT2D eigenvalue weighted by Gasteiger charge is -2.32. The van der Waals surface area contributed by atoms with Crippen LogP contribution in [-0.2, 0) is 22.6 Å². The van der Waals surface area contributed by atoms with Gasteiger partial charge in [0.05, 0.1) is 0 Å². The van der Waals surface area contributed by atoms with Gasteiger partial charge in [-0.1, -0.05) is 85.1 Å². The van der Waals surface area contributed by atoms with E-state index in [4.69, 9.17) is 4.74 Å². The van der Waals surface area contributed by atoms with E-state index in [2.05, 4.69) is 5.32 Å². The van der Waals surface area contributed by atoms with Crippen molar-refractivity contribution in [2.24, 2.45) is 0 Å². The molecule has 0 heterocycles. The van der Waals surface area contributed by atoms with Crippen molar-refractivity contribution in [2.75, 3.05) is 6.61 Å². The van der Waals surface area contributed by atoms with Crippen LogP contribution in [0.15, 0.2) is 78.9 Å². The summed E-state index contributed by atoms with van der Waals surface area (Å²) >= 11 is 0. The van der Waals surface area contributed by atoms with Gasteiger partial charge in [-0.05, 0) is 43.0 Å². The third-order valence-electron chi connectivity index (χ3n) is 6.60. The van der Waals surface area contributed by atoms with E-state index in [9.17, 15) is 14.0 Å². The zero-order valence-corrected chi connectivity index (χ0v) is 20.7. The Hall–Kier alpha value is -3.67. The minimum atomic E-state index is -0.731. The third-order valence-corrected chi connectivity index (χ3v) is 6.60. The fourth-order valence-electron chi connectivity index (χ4n) is 4.71. The lowest BCUT2D eigenvalue weighted by atomic mass is 10.0. The first-order valence-corrected chi connectivity index (χ1v) is 12.6. The monoisotopic (exact) mass is 488 g/mol. The van der Waals surface area contributed by atoms with Crippen molar-refractivity contribution in [3.63, 3.8) is 0 Å². The number of nitrogens with zero attached hydrogens (tertiary/aromatic N) is 1. The van der Waals surface area contributed by atoms with Gasteiger partial charge >= 0.3 is 0 Å². The summed E-state index contributed by atoms with van der Waals surface area (Å²) in [5, 5.41) is 3.18. The van der Waals surface area contributed by atoms with E-state index in [1.54, 1.807) is 17.0 Å². The first-order chi connectivity index (χ1) is 17.5. The van der Waals surface area contributed by atoms with Crippen LogP contribution in [-0.4, -0.2) is 35.4 Å². The van der Waals surface area contributed by atoms with Gasteiger partial charge in [0.15, 0.2) is 18.2 Å². The number of hydrogen-bond donors (Lipinski definition) is 1. The Morgan fingerprint density at radius 1 is 0.972 bits per heavy atom. The van der Waals surface area contributed by atoms with Crippen LogP contribution in [0.3, 0.4) is 0 Å². The highest BCUT2D eigenvalue weighted by Gasteiger charge is 2.32. The summed E-state index contributed by atoms with van der Waals surface area (Å²) in [6.07, 6.45) is 4.46. The van der Waals surface area contributed by atoms with Gasteiger partial charge in [-0.3, -0.25) is 9.59 Å². The average molecular weight is 489 g/mol. The smallest absolute Gasteiger partial charge is 0.261 e. The summed E-state index contributed by atoms with van der Waals surface area (Å²) < 4.78 is 19.7. The fraction of sp³-hybridized carbons (Fsp3) is 0.333. The predicted molar refractivity (Wildman–Crippen MR) is 138 cm³/mol. The van der Waals surface area contributed by atoms with E-state index in [-0.39, 0.29) is 36.8 Å². The summed E-state index contributed by atoms with van der Waals surface area (Å²) in [6.45, 7) is 1.87. The molecule has 0 unspecified atom stereocenters. The van der Waals surface area contributed by atoms with E-state index in [0.717, 1.165) is 42.4 Å². The van der Waals surface area contributed by atoms with Crippen LogP contribution in [0.2, 0.25) is 0 Å². The Balaban J connectivity index is 1.62. The molecule has 0 aliphatic heterocycles. The summed E-state index contributed by atoms with van der Waals surface area (Å²) in [4.78, 5) is 28.8. The number of ether oxygens (including phenoxy) is 1. The van der Waals surface area contributed by atoms with Crippen LogP contribution in [0.25, 0.3) is 0 Å². The number of carbonyl (C=O) groups is 2. The SMILES string of the molecule is Cc1cccc(CN(C(=O)COc2ccccc2F)[C@@H](Cc2ccccc2)C(=O)NC2CCCC2)c1. The van der Waals surface area contributed by atoms with Crippen molar-refractivity contribution in [3.8, 4) is 5.75 Å². The highest BCUT2D eigenvalue weighted by Crippen LogP contribution is 2.21. The summed E-state index contributed by atoms with van der Waals surface area (Å²) in [6, 6.07) is 23.0. The van der Waals surface area contributed by atoms with Crippen molar-refractivity contribution < 1.29 is 18.7 Å². The zero-order chi connectivity index (χ0) is 25.3. The Labute approximate surface area is 212 Å². The molecule has 1 N–H and O–H groups in total. The maximum absolute atomic E-state index is 14.1. The van der Waals surface area contributed by atoms with Gasteiger partial charge in [-0.25, -0.2) is 4.39 Å². The van der Waals surface area contributed by atoms with Gasteiger partial charge in [0.1, 0.15) is 6.04 Å². The van der Waals surface area contributed by atoms with E-state index in [0.29, 0.717) is 6.42 Å². The molecule has 1 saturated carbocycles. The molecule has 1 aliphatic carbocycles. The minimum absolute atomic E-state index is 0.0105. The fourth-order valence-corrected chi connectivity index (χ4v) is 4.71. The number of para-hydroxylation sites is 1. The molecule has 0 radical (unpaired) electrons. The van der Waals surface area contributed by atoms with Gasteiger partial charge in [-0.2, -0.15) is 0 Å². The lowest BCUT2D eigenvalue weighted by molar-refractivity contribution is -0.143. The van der Waals surface area contributed by atoms with Crippen LogP contribution >= 0.6 is 0 Å². The van der Waals surface area contributed by atoms with Crippen molar-refractivity contribution in [2.45, 2.75) is 57.7 Å². The Morgan fingerprint density at radius 2 is 1.67 bits per heavy atom. The van der Waals surface area contributed by atoms with E-state index in [1.165, 1.54) is 12.1 Å². The maximum atomic E-state index is 14.1. The van der Waals surface area contributed by atoms with Crippen molar-refractivity contribution in [3.05, 3.63) is 101 Å². The van der Waals surface area contributed by atoms with E-state index in [1.807, 2.05) is 61.5 Å². The third kappa shape index (κ3) is 6.94. The molecule has 5 nitrogen and oxygen atoms in total. The van der Waals surface area contributed by atoms with Crippen LogP contribution in [0.4, 0.5) is 4.39 Å². The minimum Gasteiger partial charge on any atom is -0.481 e. The normalized spacial score (nSPS) is 14.3. The number of aryl methyl sites for hydroxylation is 1. The van der Waals surface area contributed by atoms with Gasteiger partial charge < -0.3 is 15.0 Å². The Morgan fingerprint density at radius 3 is 2.39 bits per heavy atom. The number of carbonyl (C=O) groups excluding carboxylic acids is 2. The second-order valence-electron chi connectivity index (χ2n) is 9.43. The second kappa shape index (κ2) is 12.3. The molecule has 0 aromatic heterocycles. The molecule has 188 valence electrons. The molecule has 1 fully saturated rings. The molecule has 3 aromatic rings. The molecule has 1 aliphatic rings. The number of halogens is 1. The summed E-state index contributed by atoms with van der Waals surface area (Å²) in [5.74, 6) is -1.06. The number of amides is 2. The van der Waals surface area contributed by atoms with Gasteiger partial charge in [0, 0.05) is 19.0 Å². The highest BCUT2D eigenvalue weighted by atomic mass is 19.1. The highest BCUT2D eigenvalue weighted by molar-refractivity contribution is 5.88. The van der Waals surface area contributed by atoms with Gasteiger partial charge in [0.2, 0.25) is 5.91 Å². The molecule has 0 saturated heterocycles. The molecule has 4 rings (SSSR count). The largest absolute Gasteiger partial charge is 0.481 e. The summed E-state index contributed by atoms with van der Waals surface area (Å²) in [7, 11) is 0. The molecular weight excluding hydrogens is 455 g/mol. The Kier molecular flexibility index (Phi) is 8.71. The van der Waals surface area contributed by atoms with Gasteiger partial charge in [0.25, 0.3) is 5.91 Å². The zero-order valence-electron chi connectivity index (χ0n) is 20.7. The van der Waals surface area contributed by atoms with Crippen LogP contribution in [0.5, 0.6) is 5.75 Å². The first kappa shape index (κ1) is 25.4. The molecular formula is C30H33FN2O3. The van der Waals surface area contributed by atoms with Crippen molar-refractivity contribution in [1.29, 1.82) is 0 Å². The topological polar surface area (TPSA) is 58.6 Å². The van der Waals surface area contributed by atoms with E-state index >= 15 is 0 Å². The van der Waals surface area contributed by atoms with Gasteiger partial charge in [-0.15, -0.1) is 0 Å². The molecule has 2 amide bonds. The number of nitrogens with one attached hydrogen (secondary N) is 1. The average Bonchev–Trinajstić information content (AvgIpc) is 3.39. The van der Waals surface area contributed by atoms with Crippen LogP contribution in [0, 0.1) is 12.7 Å². The number of rotatable bonds is 10. The quantitative estimate of drug-likeness (QED) is 0.426. The molecule has 36 heavy (non-hydrogen) atoms. The molecule has 3 aromatic carbocycles. The first-order valence-electron chi connectivity index (χ1n) is 12.6. The maximum Gasteiger partial charge on any atom is 0.261 e. The second-order valence-corrected chi connectivity index (χ2v) is 9.43. The van der Waals surface area contributed by atoms with E-state index < -0.39 is 11.9 Å². The molecule has 6 heteroatoms. The predicted octanol–water partition coefficient (Wildman–Crippen LogP) is 5.21. The Bertz CT molecular complexity index is 1160. The molecule has 0 bridgehead atoms. The van der Waals surface area contributed by atoms with Crippen LogP contribution < -0.4 is 10.1 Å². The molecule has 1 atom stereocenters.